The zero-order valence-electron chi connectivity index (χ0n) is 7.17. The first-order chi connectivity index (χ1) is 6.00. The molecule has 0 radical (unpaired) electrons. The first kappa shape index (κ1) is 10.1. The highest BCUT2D eigenvalue weighted by Gasteiger charge is 2.13. The number of nitrogens with two attached hydrogens (primary N) is 1. The van der Waals surface area contributed by atoms with Gasteiger partial charge in [0.05, 0.1) is 6.10 Å². The average molecular weight is 187 g/mol. The van der Waals surface area contributed by atoms with Crippen LogP contribution in [0.1, 0.15) is 18.6 Å². The molecule has 0 aromatic heterocycles. The maximum Gasteiger partial charge on any atom is 0.126 e. The van der Waals surface area contributed by atoms with Crippen LogP contribution in [0.25, 0.3) is 0 Å². The van der Waals surface area contributed by atoms with Crippen LogP contribution in [0.5, 0.6) is 0 Å². The number of halogens is 2. The van der Waals surface area contributed by atoms with Crippen molar-refractivity contribution in [3.05, 3.63) is 35.4 Å². The molecule has 0 amide bonds. The van der Waals surface area contributed by atoms with E-state index in [0.29, 0.717) is 0 Å². The van der Waals surface area contributed by atoms with Gasteiger partial charge >= 0.3 is 0 Å². The molecule has 0 bridgehead atoms. The minimum absolute atomic E-state index is 0.160. The maximum atomic E-state index is 12.7. The minimum atomic E-state index is -1.04. The second-order valence-corrected chi connectivity index (χ2v) is 3.01. The Hall–Kier alpha value is -1.00. The molecule has 4 heteroatoms. The van der Waals surface area contributed by atoms with Gasteiger partial charge in [0, 0.05) is 12.1 Å². The van der Waals surface area contributed by atoms with Crippen LogP contribution in [0.2, 0.25) is 0 Å². The van der Waals surface area contributed by atoms with Crippen LogP contribution < -0.4 is 5.73 Å². The molecule has 72 valence electrons. The van der Waals surface area contributed by atoms with Gasteiger partial charge in [0.1, 0.15) is 11.6 Å². The Morgan fingerprint density at radius 2 is 1.69 bits per heavy atom. The van der Waals surface area contributed by atoms with Crippen LogP contribution in [0.15, 0.2) is 18.2 Å². The molecule has 0 heterocycles. The Balaban J connectivity index is 3.01. The van der Waals surface area contributed by atoms with Gasteiger partial charge in [0.2, 0.25) is 0 Å². The standard InChI is InChI=1S/C9H11F2NO/c1-5(12)9(13)6-2-7(10)4-8(11)3-6/h2-5,9,13H,12H2,1H3. The first-order valence-electron chi connectivity index (χ1n) is 3.90. The number of hydrogen-bond donors (Lipinski definition) is 2. The predicted octanol–water partition coefficient (Wildman–Crippen LogP) is 1.35. The van der Waals surface area contributed by atoms with Crippen molar-refractivity contribution >= 4 is 0 Å². The molecule has 0 aliphatic rings. The van der Waals surface area contributed by atoms with Crippen molar-refractivity contribution in [2.75, 3.05) is 0 Å². The zero-order valence-corrected chi connectivity index (χ0v) is 7.17. The molecule has 2 unspecified atom stereocenters. The van der Waals surface area contributed by atoms with Gasteiger partial charge in [0.25, 0.3) is 0 Å². The van der Waals surface area contributed by atoms with E-state index in [-0.39, 0.29) is 5.56 Å². The highest BCUT2D eigenvalue weighted by Crippen LogP contribution is 2.17. The Bertz CT molecular complexity index is 281. The largest absolute Gasteiger partial charge is 0.387 e. The van der Waals surface area contributed by atoms with Crippen molar-refractivity contribution in [3.63, 3.8) is 0 Å². The molecule has 0 aliphatic carbocycles. The lowest BCUT2D eigenvalue weighted by atomic mass is 10.0. The molecule has 0 saturated carbocycles. The lowest BCUT2D eigenvalue weighted by molar-refractivity contribution is 0.152. The third-order valence-electron chi connectivity index (χ3n) is 1.72. The van der Waals surface area contributed by atoms with Crippen molar-refractivity contribution in [1.82, 2.24) is 0 Å². The Labute approximate surface area is 75.0 Å². The van der Waals surface area contributed by atoms with E-state index in [4.69, 9.17) is 5.73 Å². The Morgan fingerprint density at radius 3 is 2.08 bits per heavy atom. The van der Waals surface area contributed by atoms with E-state index < -0.39 is 23.8 Å². The topological polar surface area (TPSA) is 46.2 Å². The number of aliphatic hydroxyl groups is 1. The minimum Gasteiger partial charge on any atom is -0.387 e. The highest BCUT2D eigenvalue weighted by atomic mass is 19.1. The van der Waals surface area contributed by atoms with Crippen LogP contribution >= 0.6 is 0 Å². The molecular weight excluding hydrogens is 176 g/mol. The van der Waals surface area contributed by atoms with Gasteiger partial charge in [-0.15, -0.1) is 0 Å². The lowest BCUT2D eigenvalue weighted by Crippen LogP contribution is -2.24. The van der Waals surface area contributed by atoms with Gasteiger partial charge in [-0.2, -0.15) is 0 Å². The molecule has 1 rings (SSSR count). The molecule has 0 saturated heterocycles. The summed E-state index contributed by atoms with van der Waals surface area (Å²) >= 11 is 0. The lowest BCUT2D eigenvalue weighted by Gasteiger charge is -2.14. The summed E-state index contributed by atoms with van der Waals surface area (Å²) in [5.74, 6) is -1.43. The summed E-state index contributed by atoms with van der Waals surface area (Å²) in [6.45, 7) is 1.56. The van der Waals surface area contributed by atoms with Crippen LogP contribution in [0.3, 0.4) is 0 Å². The van der Waals surface area contributed by atoms with E-state index in [2.05, 4.69) is 0 Å². The van der Waals surface area contributed by atoms with Gasteiger partial charge in [-0.25, -0.2) is 8.78 Å². The van der Waals surface area contributed by atoms with Gasteiger partial charge < -0.3 is 10.8 Å². The van der Waals surface area contributed by atoms with Gasteiger partial charge in [-0.3, -0.25) is 0 Å². The average Bonchev–Trinajstić information content (AvgIpc) is 2.01. The van der Waals surface area contributed by atoms with Gasteiger partial charge in [-0.1, -0.05) is 0 Å². The normalized spacial score (nSPS) is 15.5. The molecule has 1 aromatic rings. The molecule has 1 aromatic carbocycles. The van der Waals surface area contributed by atoms with Crippen molar-refractivity contribution < 1.29 is 13.9 Å². The fourth-order valence-electron chi connectivity index (χ4n) is 1.05. The third kappa shape index (κ3) is 2.47. The molecule has 0 spiro atoms. The highest BCUT2D eigenvalue weighted by molar-refractivity contribution is 5.21. The first-order valence-corrected chi connectivity index (χ1v) is 3.90. The van der Waals surface area contributed by atoms with E-state index in [0.717, 1.165) is 18.2 Å². The second kappa shape index (κ2) is 3.81. The zero-order chi connectivity index (χ0) is 10.0. The second-order valence-electron chi connectivity index (χ2n) is 3.01. The number of rotatable bonds is 2. The summed E-state index contributed by atoms with van der Waals surface area (Å²) < 4.78 is 25.3. The monoisotopic (exact) mass is 187 g/mol. The van der Waals surface area contributed by atoms with Crippen molar-refractivity contribution in [2.45, 2.75) is 19.1 Å². The van der Waals surface area contributed by atoms with Crippen LogP contribution in [0, 0.1) is 11.6 Å². The van der Waals surface area contributed by atoms with Gasteiger partial charge in [-0.05, 0) is 24.6 Å². The number of benzene rings is 1. The summed E-state index contributed by atoms with van der Waals surface area (Å²) in [5.41, 5.74) is 5.53. The van der Waals surface area contributed by atoms with Crippen LogP contribution in [-0.4, -0.2) is 11.1 Å². The molecule has 2 atom stereocenters. The van der Waals surface area contributed by atoms with Crippen molar-refractivity contribution in [1.29, 1.82) is 0 Å². The number of aliphatic hydroxyl groups excluding tert-OH is 1. The van der Waals surface area contributed by atoms with E-state index >= 15 is 0 Å². The fourth-order valence-corrected chi connectivity index (χ4v) is 1.05. The summed E-state index contributed by atoms with van der Waals surface area (Å²) in [5, 5.41) is 9.39. The molecule has 2 nitrogen and oxygen atoms in total. The maximum absolute atomic E-state index is 12.7. The molecule has 0 fully saturated rings. The summed E-state index contributed by atoms with van der Waals surface area (Å²) in [4.78, 5) is 0. The number of hydrogen-bond acceptors (Lipinski definition) is 2. The summed E-state index contributed by atoms with van der Waals surface area (Å²) in [6, 6.07) is 2.33. The summed E-state index contributed by atoms with van der Waals surface area (Å²) in [7, 11) is 0. The predicted molar refractivity (Wildman–Crippen MR) is 45.0 cm³/mol. The quantitative estimate of drug-likeness (QED) is 0.734. The molecule has 3 N–H and O–H groups in total. The van der Waals surface area contributed by atoms with Crippen LogP contribution in [0.4, 0.5) is 8.78 Å². The molecular formula is C9H11F2NO. The molecule has 13 heavy (non-hydrogen) atoms. The Morgan fingerprint density at radius 1 is 1.23 bits per heavy atom. The van der Waals surface area contributed by atoms with E-state index in [9.17, 15) is 13.9 Å². The van der Waals surface area contributed by atoms with Crippen molar-refractivity contribution in [2.24, 2.45) is 5.73 Å². The van der Waals surface area contributed by atoms with Crippen molar-refractivity contribution in [3.8, 4) is 0 Å². The SMILES string of the molecule is CC(N)C(O)c1cc(F)cc(F)c1. The fraction of sp³-hybridized carbons (Fsp3) is 0.333. The molecule has 0 aliphatic heterocycles. The summed E-state index contributed by atoms with van der Waals surface area (Å²) in [6.07, 6.45) is -1.04. The van der Waals surface area contributed by atoms with E-state index in [1.165, 1.54) is 0 Å². The Kier molecular flexibility index (Phi) is 2.95. The smallest absolute Gasteiger partial charge is 0.126 e. The van der Waals surface area contributed by atoms with E-state index in [1.54, 1.807) is 6.92 Å². The third-order valence-corrected chi connectivity index (χ3v) is 1.72. The van der Waals surface area contributed by atoms with Crippen LogP contribution in [-0.2, 0) is 0 Å². The van der Waals surface area contributed by atoms with E-state index in [1.807, 2.05) is 0 Å². The van der Waals surface area contributed by atoms with Gasteiger partial charge in [0.15, 0.2) is 0 Å².